The number of aromatic nitrogens is 3. The first-order chi connectivity index (χ1) is 14.6. The van der Waals surface area contributed by atoms with Crippen LogP contribution in [-0.4, -0.2) is 56.9 Å². The Morgan fingerprint density at radius 2 is 2.10 bits per heavy atom. The molecule has 3 aliphatic heterocycles. The van der Waals surface area contributed by atoms with Gasteiger partial charge in [-0.1, -0.05) is 12.1 Å². The number of rotatable bonds is 5. The summed E-state index contributed by atoms with van der Waals surface area (Å²) in [4.78, 5) is 42.7. The van der Waals surface area contributed by atoms with E-state index < -0.39 is 11.9 Å². The molecule has 4 N–H and O–H groups in total. The smallest absolute Gasteiger partial charge is 0.255 e. The molecule has 156 valence electrons. The van der Waals surface area contributed by atoms with Crippen LogP contribution in [0.4, 0.5) is 5.95 Å². The molecule has 2 aromatic rings. The third kappa shape index (κ3) is 3.32. The van der Waals surface area contributed by atoms with Crippen LogP contribution in [-0.2, 0) is 22.7 Å². The number of hydrogen-bond donors (Lipinski definition) is 4. The molecule has 0 saturated carbocycles. The second-order valence-corrected chi connectivity index (χ2v) is 7.93. The third-order valence-electron chi connectivity index (χ3n) is 6.07. The van der Waals surface area contributed by atoms with Gasteiger partial charge in [0, 0.05) is 37.5 Å². The first kappa shape index (κ1) is 18.7. The molecule has 2 atom stereocenters. The van der Waals surface area contributed by atoms with Crippen LogP contribution in [0.3, 0.4) is 0 Å². The average molecular weight is 409 g/mol. The molecule has 2 unspecified atom stereocenters. The number of carbonyl (C=O) groups is 3. The maximum absolute atomic E-state index is 12.9. The lowest BCUT2D eigenvalue weighted by Crippen LogP contribution is -2.52. The van der Waals surface area contributed by atoms with Crippen molar-refractivity contribution in [1.29, 1.82) is 0 Å². The largest absolute Gasteiger partial charge is 0.349 e. The maximum Gasteiger partial charge on any atom is 0.255 e. The number of aromatic amines is 1. The summed E-state index contributed by atoms with van der Waals surface area (Å²) in [5.41, 5.74) is 2.46. The second kappa shape index (κ2) is 7.52. The van der Waals surface area contributed by atoms with Gasteiger partial charge in [0.1, 0.15) is 11.9 Å². The molecule has 4 heterocycles. The number of nitrogens with zero attached hydrogens (tertiary/aromatic N) is 3. The van der Waals surface area contributed by atoms with E-state index in [9.17, 15) is 14.4 Å². The molecule has 1 aromatic heterocycles. The number of piperidine rings is 1. The summed E-state index contributed by atoms with van der Waals surface area (Å²) in [5.74, 6) is 0.899. The minimum absolute atomic E-state index is 0.171. The number of H-pyrrole nitrogens is 1. The van der Waals surface area contributed by atoms with Crippen molar-refractivity contribution in [3.05, 3.63) is 40.7 Å². The van der Waals surface area contributed by atoms with Gasteiger partial charge in [-0.15, -0.1) is 5.10 Å². The Kier molecular flexibility index (Phi) is 4.70. The summed E-state index contributed by atoms with van der Waals surface area (Å²) < 4.78 is 0. The molecule has 0 aliphatic carbocycles. The van der Waals surface area contributed by atoms with E-state index in [0.29, 0.717) is 36.9 Å². The predicted molar refractivity (Wildman–Crippen MR) is 106 cm³/mol. The lowest BCUT2D eigenvalue weighted by Gasteiger charge is -2.29. The Labute approximate surface area is 172 Å². The van der Waals surface area contributed by atoms with Crippen LogP contribution in [0, 0.1) is 0 Å². The summed E-state index contributed by atoms with van der Waals surface area (Å²) in [6.45, 7) is 2.71. The van der Waals surface area contributed by atoms with Gasteiger partial charge in [0.05, 0.1) is 0 Å². The number of imide groups is 1. The topological polar surface area (TPSA) is 132 Å². The molecular formula is C20H23N7O3. The van der Waals surface area contributed by atoms with Crippen molar-refractivity contribution in [2.45, 2.75) is 44.3 Å². The van der Waals surface area contributed by atoms with Gasteiger partial charge in [-0.2, -0.15) is 4.98 Å². The summed E-state index contributed by atoms with van der Waals surface area (Å²) in [5, 5.41) is 16.1. The number of benzene rings is 1. The lowest BCUT2D eigenvalue weighted by molar-refractivity contribution is -0.136. The van der Waals surface area contributed by atoms with Crippen molar-refractivity contribution in [3.8, 4) is 0 Å². The monoisotopic (exact) mass is 409 g/mol. The predicted octanol–water partition coefficient (Wildman–Crippen LogP) is 0.255. The number of hydrogen-bond acceptors (Lipinski definition) is 7. The number of nitrogens with one attached hydrogen (secondary N) is 4. The molecule has 3 aliphatic rings. The van der Waals surface area contributed by atoms with Crippen LogP contribution in [0.25, 0.3) is 0 Å². The molecule has 30 heavy (non-hydrogen) atoms. The van der Waals surface area contributed by atoms with E-state index in [4.69, 9.17) is 0 Å². The lowest BCUT2D eigenvalue weighted by atomic mass is 10.0. The second-order valence-electron chi connectivity index (χ2n) is 7.93. The van der Waals surface area contributed by atoms with Gasteiger partial charge >= 0.3 is 0 Å². The van der Waals surface area contributed by atoms with Gasteiger partial charge < -0.3 is 15.5 Å². The minimum Gasteiger partial charge on any atom is -0.349 e. The summed E-state index contributed by atoms with van der Waals surface area (Å²) in [6.07, 6.45) is 1.64. The summed E-state index contributed by atoms with van der Waals surface area (Å²) in [7, 11) is 0. The first-order valence-corrected chi connectivity index (χ1v) is 10.2. The van der Waals surface area contributed by atoms with Gasteiger partial charge in [-0.25, -0.2) is 0 Å². The van der Waals surface area contributed by atoms with Crippen LogP contribution in [0.2, 0.25) is 0 Å². The fourth-order valence-corrected chi connectivity index (χ4v) is 4.41. The number of amides is 3. The zero-order valence-electron chi connectivity index (χ0n) is 16.4. The van der Waals surface area contributed by atoms with Gasteiger partial charge in [-0.3, -0.25) is 24.8 Å². The minimum atomic E-state index is -0.612. The highest BCUT2D eigenvalue weighted by molar-refractivity contribution is 6.05. The normalized spacial score (nSPS) is 23.6. The fourth-order valence-electron chi connectivity index (χ4n) is 4.41. The Bertz CT molecular complexity index is 1010. The maximum atomic E-state index is 12.9. The van der Waals surface area contributed by atoms with E-state index in [0.717, 1.165) is 36.5 Å². The molecule has 0 spiro atoms. The zero-order chi connectivity index (χ0) is 20.7. The molecule has 1 aromatic carbocycles. The van der Waals surface area contributed by atoms with E-state index in [2.05, 4.69) is 31.1 Å². The standard InChI is InChI=1S/C20H23N7O3/c28-16-5-4-15(18(29)23-16)27-10-14-11(2-1-3-13(14)19(27)30)9-22-20-24-17(25-26-20)12-6-7-21-8-12/h1-3,12,15,21H,4-10H2,(H,23,28,29)(H2,22,24,25,26). The summed E-state index contributed by atoms with van der Waals surface area (Å²) in [6, 6.07) is 4.97. The fraction of sp³-hybridized carbons (Fsp3) is 0.450. The molecule has 0 radical (unpaired) electrons. The highest BCUT2D eigenvalue weighted by Gasteiger charge is 2.39. The van der Waals surface area contributed by atoms with Crippen molar-refractivity contribution in [2.24, 2.45) is 0 Å². The molecule has 10 nitrogen and oxygen atoms in total. The summed E-state index contributed by atoms with van der Waals surface area (Å²) >= 11 is 0. The number of fused-ring (bicyclic) bond motifs is 1. The van der Waals surface area contributed by atoms with Crippen molar-refractivity contribution < 1.29 is 14.4 Å². The molecule has 3 amide bonds. The Morgan fingerprint density at radius 3 is 2.90 bits per heavy atom. The molecular weight excluding hydrogens is 386 g/mol. The van der Waals surface area contributed by atoms with Gasteiger partial charge in [0.15, 0.2) is 0 Å². The van der Waals surface area contributed by atoms with Crippen molar-refractivity contribution in [3.63, 3.8) is 0 Å². The van der Waals surface area contributed by atoms with Crippen molar-refractivity contribution in [1.82, 2.24) is 30.7 Å². The van der Waals surface area contributed by atoms with Crippen molar-refractivity contribution in [2.75, 3.05) is 18.4 Å². The number of carbonyl (C=O) groups excluding carboxylic acids is 3. The van der Waals surface area contributed by atoms with E-state index >= 15 is 0 Å². The van der Waals surface area contributed by atoms with Gasteiger partial charge in [0.25, 0.3) is 5.91 Å². The molecule has 10 heteroatoms. The Hall–Kier alpha value is -3.27. The first-order valence-electron chi connectivity index (χ1n) is 10.2. The van der Waals surface area contributed by atoms with Crippen molar-refractivity contribution >= 4 is 23.7 Å². The quantitative estimate of drug-likeness (QED) is 0.521. The molecule has 5 rings (SSSR count). The average Bonchev–Trinajstić information content (AvgIpc) is 3.47. The highest BCUT2D eigenvalue weighted by Crippen LogP contribution is 2.30. The molecule has 2 saturated heterocycles. The Morgan fingerprint density at radius 1 is 1.20 bits per heavy atom. The third-order valence-corrected chi connectivity index (χ3v) is 6.07. The van der Waals surface area contributed by atoms with E-state index in [-0.39, 0.29) is 18.2 Å². The van der Waals surface area contributed by atoms with E-state index in [1.807, 2.05) is 12.1 Å². The van der Waals surface area contributed by atoms with Gasteiger partial charge in [0.2, 0.25) is 17.8 Å². The van der Waals surface area contributed by atoms with Crippen LogP contribution in [0.1, 0.15) is 52.5 Å². The number of anilines is 1. The molecule has 0 bridgehead atoms. The van der Waals surface area contributed by atoms with E-state index in [1.165, 1.54) is 0 Å². The van der Waals surface area contributed by atoms with E-state index in [1.54, 1.807) is 11.0 Å². The van der Waals surface area contributed by atoms with Crippen LogP contribution in [0.5, 0.6) is 0 Å². The Balaban J connectivity index is 1.30. The van der Waals surface area contributed by atoms with Crippen LogP contribution >= 0.6 is 0 Å². The zero-order valence-corrected chi connectivity index (χ0v) is 16.4. The van der Waals surface area contributed by atoms with Gasteiger partial charge in [-0.05, 0) is 36.6 Å². The SMILES string of the molecule is O=C1CCC(N2Cc3c(CNc4n[nH]c(C5CCNC5)n4)cccc3C2=O)C(=O)N1. The molecule has 2 fully saturated rings. The van der Waals surface area contributed by atoms with Crippen LogP contribution in [0.15, 0.2) is 18.2 Å². The highest BCUT2D eigenvalue weighted by atomic mass is 16.2. The van der Waals surface area contributed by atoms with Crippen LogP contribution < -0.4 is 16.0 Å².